The van der Waals surface area contributed by atoms with E-state index in [9.17, 15) is 43.8 Å². The highest BCUT2D eigenvalue weighted by molar-refractivity contribution is 5.79. The first-order valence-electron chi connectivity index (χ1n) is 33.2. The van der Waals surface area contributed by atoms with Crippen molar-refractivity contribution >= 4 is 53.4 Å². The molecule has 0 aromatic heterocycles. The molecule has 32 nitrogen and oxygen atoms in total. The maximum Gasteiger partial charge on any atom is 0.309 e. The largest absolute Gasteiger partial charge is 0.481 e. The van der Waals surface area contributed by atoms with E-state index < -0.39 is 97.0 Å². The highest BCUT2D eigenvalue weighted by Gasteiger charge is 2.54. The maximum atomic E-state index is 13.3. The van der Waals surface area contributed by atoms with E-state index in [2.05, 4.69) is 31.3 Å². The second-order valence-corrected chi connectivity index (χ2v) is 22.9. The molecule has 2 aliphatic carbocycles. The fraction of sp³-hybridized carbons (Fsp3) is 0.855. The molecule has 32 heteroatoms. The van der Waals surface area contributed by atoms with Crippen molar-refractivity contribution in [1.82, 2.24) is 26.2 Å². The van der Waals surface area contributed by atoms with Crippen molar-refractivity contribution < 1.29 is 101 Å². The van der Waals surface area contributed by atoms with Crippen molar-refractivity contribution in [1.29, 1.82) is 0 Å². The molecular weight excluding hydrogens is 1230 g/mol. The molecule has 10 atom stereocenters. The van der Waals surface area contributed by atoms with Crippen LogP contribution in [0.5, 0.6) is 0 Å². The molecule has 2 fully saturated rings. The first-order valence-corrected chi connectivity index (χ1v) is 33.2. The Morgan fingerprint density at radius 2 is 0.766 bits per heavy atom. The number of carbonyl (C=O) groups excluding carboxylic acids is 5. The Bertz CT molecular complexity index is 2050. The number of nitrogens with one attached hydrogen (secondary N) is 4. The van der Waals surface area contributed by atoms with E-state index in [0.717, 1.165) is 6.42 Å². The lowest BCUT2D eigenvalue weighted by atomic mass is 9.80. The highest BCUT2D eigenvalue weighted by atomic mass is 16.6. The van der Waals surface area contributed by atoms with E-state index in [0.29, 0.717) is 71.9 Å². The molecule has 0 heterocycles. The molecule has 14 N–H and O–H groups in total. The maximum absolute atomic E-state index is 13.3. The van der Waals surface area contributed by atoms with Gasteiger partial charge in [0.2, 0.25) is 29.5 Å². The van der Waals surface area contributed by atoms with Crippen LogP contribution in [0.3, 0.4) is 0 Å². The smallest absolute Gasteiger partial charge is 0.309 e. The number of guanidine groups is 2. The van der Waals surface area contributed by atoms with Gasteiger partial charge < -0.3 is 116 Å². The number of carboxylic acid groups (broad SMARTS) is 2. The van der Waals surface area contributed by atoms with Crippen LogP contribution in [0.1, 0.15) is 99.8 Å². The molecule has 0 unspecified atom stereocenters. The minimum atomic E-state index is -1.12. The van der Waals surface area contributed by atoms with Gasteiger partial charge in [0.05, 0.1) is 168 Å². The van der Waals surface area contributed by atoms with Gasteiger partial charge in [-0.25, -0.2) is 9.98 Å². The van der Waals surface area contributed by atoms with Crippen LogP contribution in [0.2, 0.25) is 0 Å². The lowest BCUT2D eigenvalue weighted by Gasteiger charge is -2.37. The predicted molar refractivity (Wildman–Crippen MR) is 346 cm³/mol. The summed E-state index contributed by atoms with van der Waals surface area (Å²) in [6, 6.07) is -2.32. The van der Waals surface area contributed by atoms with Gasteiger partial charge in [-0.2, -0.15) is 0 Å². The second-order valence-electron chi connectivity index (χ2n) is 22.9. The van der Waals surface area contributed by atoms with Crippen molar-refractivity contribution in [3.05, 3.63) is 0 Å². The molecule has 2 aliphatic rings. The van der Waals surface area contributed by atoms with E-state index in [1.165, 1.54) is 13.8 Å². The number of ether oxygens (including phenoxy) is 12. The normalized spacial score (nSPS) is 20.0. The van der Waals surface area contributed by atoms with E-state index >= 15 is 0 Å². The third-order valence-electron chi connectivity index (χ3n) is 16.1. The summed E-state index contributed by atoms with van der Waals surface area (Å²) >= 11 is 0. The molecule has 544 valence electrons. The van der Waals surface area contributed by atoms with Crippen molar-refractivity contribution in [2.24, 2.45) is 68.4 Å². The zero-order valence-electron chi connectivity index (χ0n) is 56.8. The third kappa shape index (κ3) is 35.4. The van der Waals surface area contributed by atoms with Gasteiger partial charge in [0, 0.05) is 70.6 Å². The monoisotopic (exact) mass is 1350 g/mol. The highest BCUT2D eigenvalue weighted by Crippen LogP contribution is 2.43. The zero-order chi connectivity index (χ0) is 69.5. The third-order valence-corrected chi connectivity index (χ3v) is 16.1. The van der Waals surface area contributed by atoms with Crippen molar-refractivity contribution in [3.8, 4) is 0 Å². The van der Waals surface area contributed by atoms with Gasteiger partial charge in [0.25, 0.3) is 0 Å². The lowest BCUT2D eigenvalue weighted by molar-refractivity contribution is -0.150. The van der Waals surface area contributed by atoms with Gasteiger partial charge in [-0.3, -0.25) is 33.6 Å². The Kier molecular flexibility index (Phi) is 46.4. The van der Waals surface area contributed by atoms with Crippen molar-refractivity contribution in [3.63, 3.8) is 0 Å². The summed E-state index contributed by atoms with van der Waals surface area (Å²) < 4.78 is 68.2. The first-order chi connectivity index (χ1) is 45.2. The fourth-order valence-electron chi connectivity index (χ4n) is 11.7. The molecule has 0 bridgehead atoms. The number of amides is 5. The van der Waals surface area contributed by atoms with Crippen LogP contribution < -0.4 is 44.2 Å². The number of aliphatic carboxylic acids is 2. The Labute approximate surface area is 554 Å². The Hall–Kier alpha value is -5.65. The fourth-order valence-corrected chi connectivity index (χ4v) is 11.7. The number of carbonyl (C=O) groups is 7. The van der Waals surface area contributed by atoms with Crippen molar-refractivity contribution in [2.75, 3.05) is 172 Å². The quantitative estimate of drug-likeness (QED) is 0.0206. The number of hydrogen-bond acceptors (Lipinski definition) is 21. The van der Waals surface area contributed by atoms with Gasteiger partial charge in [-0.05, 0) is 31.1 Å². The van der Waals surface area contributed by atoms with Gasteiger partial charge in [-0.15, -0.1) is 0 Å². The summed E-state index contributed by atoms with van der Waals surface area (Å²) in [4.78, 5) is 99.0. The molecule has 0 aromatic carbocycles. The number of carboxylic acids is 2. The van der Waals surface area contributed by atoms with Crippen LogP contribution in [0.25, 0.3) is 0 Å². The SMILES string of the molecule is CCCOCCOCCOCCOCCC(=O)N(CCOCCOCCOCCNC(=O)CO[C@H]1[C@@H]([C@H](NC(C)=O)C(CC)CC)[C@H](N=C(N)N)C[C@@H]1C(=O)O)CCOCCOCCOCCNC(=O)CO[C@H]1[C@@H]([C@H](NC(C)=O)C(CC)CC)[C@H](N=C(N)N)C[C@@H]1C(=O)O. The predicted octanol–water partition coefficient (Wildman–Crippen LogP) is -0.609. The van der Waals surface area contributed by atoms with E-state index in [1.54, 1.807) is 4.90 Å². The van der Waals surface area contributed by atoms with Crippen LogP contribution in [-0.4, -0.2) is 276 Å². The minimum Gasteiger partial charge on any atom is -0.481 e. The average molecular weight is 1350 g/mol. The summed E-state index contributed by atoms with van der Waals surface area (Å²) in [6.45, 7) is 19.0. The van der Waals surface area contributed by atoms with Crippen molar-refractivity contribution in [2.45, 2.75) is 136 Å². The molecule has 5 amide bonds. The van der Waals surface area contributed by atoms with Crippen LogP contribution in [0, 0.1) is 35.5 Å². The van der Waals surface area contributed by atoms with Gasteiger partial charge in [-0.1, -0.05) is 60.3 Å². The molecule has 2 saturated carbocycles. The molecule has 0 spiro atoms. The summed E-state index contributed by atoms with van der Waals surface area (Å²) in [7, 11) is 0. The molecule has 0 aromatic rings. The van der Waals surface area contributed by atoms with E-state index in [-0.39, 0.29) is 173 Å². The number of nitrogens with zero attached hydrogens (tertiary/aromatic N) is 3. The molecular formula is C62H115N11O21. The topological polar surface area (TPSA) is 451 Å². The second kappa shape index (κ2) is 51.6. The van der Waals surface area contributed by atoms with Gasteiger partial charge in [0.15, 0.2) is 11.9 Å². The Balaban J connectivity index is 1.75. The zero-order valence-corrected chi connectivity index (χ0v) is 56.8. The molecule has 94 heavy (non-hydrogen) atoms. The van der Waals surface area contributed by atoms with Crippen LogP contribution in [-0.2, 0) is 90.4 Å². The molecule has 2 rings (SSSR count). The number of rotatable bonds is 58. The summed E-state index contributed by atoms with van der Waals surface area (Å²) in [5, 5.41) is 31.7. The van der Waals surface area contributed by atoms with Crippen LogP contribution in [0.4, 0.5) is 0 Å². The Morgan fingerprint density at radius 3 is 1.06 bits per heavy atom. The first kappa shape index (κ1) is 84.4. The van der Waals surface area contributed by atoms with Gasteiger partial charge >= 0.3 is 11.9 Å². The molecule has 0 radical (unpaired) electrons. The van der Waals surface area contributed by atoms with E-state index in [1.807, 2.05) is 34.6 Å². The standard InChI is InChI=1S/C62H115N11O21/c1-8-18-83-24-30-89-36-37-90-31-25-84-19-13-52(78)73(16-22-87-28-34-91-32-26-85-20-14-67-50(76)40-93-57-46(59(79)80)38-48(71-61(63)64)53(57)55(69-42(6)74)44(9-2)10-3)17-23-88-29-35-92-33-27-86-21-15-68-51(77)41-94-58-47(60(81)82)39-49(72-62(65)66)54(58)56(70-43(7)75)45(11-4)12-5/h44-49,53-58H,8-41H2,1-7H3,(H,67,76)(H,68,77)(H,69,74)(H,70,75)(H,79,80)(H,81,82)(H4,63,64,71)(H4,65,66,72)/t46-,47-,48+,49+,53+,54+,55+,56+,57+,58+/m0/s1. The number of nitrogens with two attached hydrogens (primary N) is 4. The Morgan fingerprint density at radius 1 is 0.457 bits per heavy atom. The average Bonchev–Trinajstić information content (AvgIpc) is 1.64. The van der Waals surface area contributed by atoms with Crippen LogP contribution >= 0.6 is 0 Å². The summed E-state index contributed by atoms with van der Waals surface area (Å²) in [5.41, 5.74) is 23.0. The molecule has 0 aliphatic heterocycles. The number of aliphatic imine (C=N–C) groups is 2. The minimum absolute atomic E-state index is 0.0286. The van der Waals surface area contributed by atoms with Crippen LogP contribution in [0.15, 0.2) is 9.98 Å². The molecule has 0 saturated heterocycles. The van der Waals surface area contributed by atoms with Gasteiger partial charge in [0.1, 0.15) is 13.2 Å². The number of hydrogen-bond donors (Lipinski definition) is 10. The summed E-state index contributed by atoms with van der Waals surface area (Å²) in [5.74, 6) is -7.67. The lowest BCUT2D eigenvalue weighted by Crippen LogP contribution is -2.52. The van der Waals surface area contributed by atoms with E-state index in [4.69, 9.17) is 79.8 Å². The summed E-state index contributed by atoms with van der Waals surface area (Å²) in [6.07, 6.45) is 2.08.